The largest absolute Gasteiger partial charge is 0.352 e. The van der Waals surface area contributed by atoms with Crippen LogP contribution in [0.4, 0.5) is 5.82 Å². The minimum atomic E-state index is -0.629. The third-order valence-electron chi connectivity index (χ3n) is 3.57. The van der Waals surface area contributed by atoms with Crippen LogP contribution in [0, 0.1) is 5.92 Å². The summed E-state index contributed by atoms with van der Waals surface area (Å²) in [4.78, 5) is 28.8. The molecule has 0 aliphatic heterocycles. The minimum Gasteiger partial charge on any atom is -0.352 e. The molecule has 1 heterocycles. The van der Waals surface area contributed by atoms with Crippen molar-refractivity contribution in [2.75, 3.05) is 11.9 Å². The van der Waals surface area contributed by atoms with E-state index in [2.05, 4.69) is 15.6 Å². The first kappa shape index (κ1) is 19.9. The van der Waals surface area contributed by atoms with Crippen molar-refractivity contribution in [3.63, 3.8) is 0 Å². The normalized spacial score (nSPS) is 11.7. The number of fused-ring (bicyclic) bond motifs is 1. The molecule has 0 fully saturated rings. The molecule has 0 aliphatic rings. The molecule has 1 aromatic heterocycles. The molecule has 7 heteroatoms. The van der Waals surface area contributed by atoms with E-state index in [1.165, 1.54) is 0 Å². The number of benzene rings is 1. The zero-order chi connectivity index (χ0) is 17.0. The van der Waals surface area contributed by atoms with Crippen molar-refractivity contribution in [1.82, 2.24) is 10.3 Å². The lowest BCUT2D eigenvalue weighted by molar-refractivity contribution is -0.118. The van der Waals surface area contributed by atoms with Gasteiger partial charge in [-0.15, -0.1) is 12.4 Å². The molecule has 130 valence electrons. The number of rotatable bonds is 5. The van der Waals surface area contributed by atoms with E-state index < -0.39 is 6.04 Å². The van der Waals surface area contributed by atoms with Crippen molar-refractivity contribution in [3.05, 3.63) is 35.9 Å². The fraction of sp³-hybridized carbons (Fsp3) is 0.353. The minimum absolute atomic E-state index is 0. The van der Waals surface area contributed by atoms with Crippen LogP contribution >= 0.6 is 12.4 Å². The SMILES string of the molecule is CCNC(=O)c1cc(NC(=O)[C@@H](N)C(C)C)nc2ccccc12.Cl. The maximum absolute atomic E-state index is 12.3. The second-order valence-electron chi connectivity index (χ2n) is 5.69. The molecule has 0 aliphatic carbocycles. The lowest BCUT2D eigenvalue weighted by atomic mass is 10.0. The number of aromatic nitrogens is 1. The van der Waals surface area contributed by atoms with Crippen LogP contribution in [-0.4, -0.2) is 29.4 Å². The second-order valence-corrected chi connectivity index (χ2v) is 5.69. The van der Waals surface area contributed by atoms with Crippen LogP contribution in [0.1, 0.15) is 31.1 Å². The first-order valence-electron chi connectivity index (χ1n) is 7.68. The van der Waals surface area contributed by atoms with Crippen molar-refractivity contribution in [3.8, 4) is 0 Å². The van der Waals surface area contributed by atoms with Crippen molar-refractivity contribution in [2.45, 2.75) is 26.8 Å². The zero-order valence-corrected chi connectivity index (χ0v) is 14.8. The highest BCUT2D eigenvalue weighted by Gasteiger charge is 2.19. The highest BCUT2D eigenvalue weighted by Crippen LogP contribution is 2.21. The fourth-order valence-corrected chi connectivity index (χ4v) is 2.20. The number of carbonyl (C=O) groups excluding carboxylic acids is 2. The van der Waals surface area contributed by atoms with Gasteiger partial charge in [0.25, 0.3) is 5.91 Å². The molecule has 24 heavy (non-hydrogen) atoms. The number of amides is 2. The van der Waals surface area contributed by atoms with Crippen molar-refractivity contribution in [2.24, 2.45) is 11.7 Å². The average Bonchev–Trinajstić information content (AvgIpc) is 2.53. The number of para-hydroxylation sites is 1. The number of nitrogens with one attached hydrogen (secondary N) is 2. The summed E-state index contributed by atoms with van der Waals surface area (Å²) in [5.74, 6) is -0.177. The molecule has 0 saturated heterocycles. The summed E-state index contributed by atoms with van der Waals surface area (Å²) < 4.78 is 0. The molecule has 4 N–H and O–H groups in total. The Balaban J connectivity index is 0.00000288. The Morgan fingerprint density at radius 3 is 2.54 bits per heavy atom. The van der Waals surface area contributed by atoms with E-state index in [1.54, 1.807) is 12.1 Å². The topological polar surface area (TPSA) is 97.1 Å². The van der Waals surface area contributed by atoms with Gasteiger partial charge in [0, 0.05) is 11.9 Å². The van der Waals surface area contributed by atoms with Gasteiger partial charge in [-0.25, -0.2) is 4.98 Å². The molecule has 0 spiro atoms. The maximum Gasteiger partial charge on any atom is 0.252 e. The van der Waals surface area contributed by atoms with Gasteiger partial charge in [-0.05, 0) is 25.0 Å². The molecule has 0 bridgehead atoms. The van der Waals surface area contributed by atoms with Gasteiger partial charge in [0.05, 0.1) is 17.1 Å². The van der Waals surface area contributed by atoms with Crippen molar-refractivity contribution >= 4 is 40.9 Å². The molecular formula is C17H23ClN4O2. The van der Waals surface area contributed by atoms with Gasteiger partial charge < -0.3 is 16.4 Å². The molecule has 1 aromatic carbocycles. The number of carbonyl (C=O) groups is 2. The zero-order valence-electron chi connectivity index (χ0n) is 14.0. The van der Waals surface area contributed by atoms with E-state index in [0.717, 1.165) is 5.39 Å². The maximum atomic E-state index is 12.3. The van der Waals surface area contributed by atoms with Crippen LogP contribution < -0.4 is 16.4 Å². The third kappa shape index (κ3) is 4.43. The summed E-state index contributed by atoms with van der Waals surface area (Å²) in [6, 6.07) is 8.27. The first-order valence-corrected chi connectivity index (χ1v) is 7.68. The van der Waals surface area contributed by atoms with Gasteiger partial charge in [-0.2, -0.15) is 0 Å². The van der Waals surface area contributed by atoms with E-state index in [4.69, 9.17) is 5.73 Å². The smallest absolute Gasteiger partial charge is 0.252 e. The summed E-state index contributed by atoms with van der Waals surface area (Å²) in [6.45, 7) is 6.12. The summed E-state index contributed by atoms with van der Waals surface area (Å²) in [7, 11) is 0. The Labute approximate surface area is 147 Å². The van der Waals surface area contributed by atoms with Gasteiger partial charge in [0.2, 0.25) is 5.91 Å². The Morgan fingerprint density at radius 2 is 1.92 bits per heavy atom. The first-order chi connectivity index (χ1) is 10.9. The van der Waals surface area contributed by atoms with Gasteiger partial charge >= 0.3 is 0 Å². The molecule has 2 rings (SSSR count). The third-order valence-corrected chi connectivity index (χ3v) is 3.57. The predicted octanol–water partition coefficient (Wildman–Crippen LogP) is 2.33. The van der Waals surface area contributed by atoms with Crippen LogP contribution in [-0.2, 0) is 4.79 Å². The van der Waals surface area contributed by atoms with Crippen molar-refractivity contribution in [1.29, 1.82) is 0 Å². The van der Waals surface area contributed by atoms with Gasteiger partial charge in [-0.3, -0.25) is 9.59 Å². The lowest BCUT2D eigenvalue weighted by Gasteiger charge is -2.16. The van der Waals surface area contributed by atoms with Crippen LogP contribution in [0.25, 0.3) is 10.9 Å². The molecule has 2 aromatic rings. The van der Waals surface area contributed by atoms with Gasteiger partial charge in [0.15, 0.2) is 0 Å². The molecule has 6 nitrogen and oxygen atoms in total. The predicted molar refractivity (Wildman–Crippen MR) is 98.4 cm³/mol. The number of hydrogen-bond acceptors (Lipinski definition) is 4. The number of nitrogens with two attached hydrogens (primary N) is 1. The van der Waals surface area contributed by atoms with Crippen molar-refractivity contribution < 1.29 is 9.59 Å². The van der Waals surface area contributed by atoms with E-state index in [0.29, 0.717) is 23.4 Å². The summed E-state index contributed by atoms with van der Waals surface area (Å²) >= 11 is 0. The molecule has 0 saturated carbocycles. The van der Waals surface area contributed by atoms with Gasteiger partial charge in [0.1, 0.15) is 5.82 Å². The van der Waals surface area contributed by atoms with Crippen LogP contribution in [0.15, 0.2) is 30.3 Å². The number of hydrogen-bond donors (Lipinski definition) is 3. The quantitative estimate of drug-likeness (QED) is 0.770. The molecule has 2 amide bonds. The average molecular weight is 351 g/mol. The Kier molecular flexibility index (Phi) is 7.13. The van der Waals surface area contributed by atoms with E-state index in [9.17, 15) is 9.59 Å². The molecule has 0 unspecified atom stereocenters. The summed E-state index contributed by atoms with van der Waals surface area (Å²) in [5.41, 5.74) is 6.97. The Hall–Kier alpha value is -2.18. The standard InChI is InChI=1S/C17H22N4O2.ClH/c1-4-19-16(22)12-9-14(21-17(23)15(18)10(2)3)20-13-8-6-5-7-11(12)13;/h5-10,15H,4,18H2,1-3H3,(H,19,22)(H,20,21,23);1H/t15-;/m0./s1. The highest BCUT2D eigenvalue weighted by molar-refractivity contribution is 6.07. The number of nitrogens with zero attached hydrogens (tertiary/aromatic N) is 1. The number of halogens is 1. The molecule has 1 atom stereocenters. The van der Waals surface area contributed by atoms with E-state index in [1.807, 2.05) is 39.0 Å². The molecular weight excluding hydrogens is 328 g/mol. The molecule has 0 radical (unpaired) electrons. The Morgan fingerprint density at radius 1 is 1.25 bits per heavy atom. The fourth-order valence-electron chi connectivity index (χ4n) is 2.20. The number of pyridine rings is 1. The van der Waals surface area contributed by atoms with Crippen LogP contribution in [0.2, 0.25) is 0 Å². The van der Waals surface area contributed by atoms with E-state index in [-0.39, 0.29) is 30.1 Å². The summed E-state index contributed by atoms with van der Waals surface area (Å²) in [5, 5.41) is 6.21. The lowest BCUT2D eigenvalue weighted by Crippen LogP contribution is -2.40. The number of anilines is 1. The van der Waals surface area contributed by atoms with Crippen LogP contribution in [0.3, 0.4) is 0 Å². The second kappa shape index (κ2) is 8.61. The van der Waals surface area contributed by atoms with E-state index >= 15 is 0 Å². The van der Waals surface area contributed by atoms with Gasteiger partial charge in [-0.1, -0.05) is 32.0 Å². The monoisotopic (exact) mass is 350 g/mol. The highest BCUT2D eigenvalue weighted by atomic mass is 35.5. The van der Waals surface area contributed by atoms with Crippen LogP contribution in [0.5, 0.6) is 0 Å². The Bertz CT molecular complexity index is 734. The summed E-state index contributed by atoms with van der Waals surface area (Å²) in [6.07, 6.45) is 0.